The summed E-state index contributed by atoms with van der Waals surface area (Å²) in [5.74, 6) is -1.21. The van der Waals surface area contributed by atoms with Crippen molar-refractivity contribution in [2.75, 3.05) is 5.32 Å². The molecular weight excluding hydrogens is 532 g/mol. The number of alkyl halides is 3. The molecule has 190 valence electrons. The van der Waals surface area contributed by atoms with Gasteiger partial charge in [-0.2, -0.15) is 23.4 Å². The molecule has 5 aromatic rings. The lowest BCUT2D eigenvalue weighted by Crippen LogP contribution is -2.16. The summed E-state index contributed by atoms with van der Waals surface area (Å²) in [5, 5.41) is 12.3. The number of aryl methyl sites for hydroxylation is 1. The van der Waals surface area contributed by atoms with E-state index in [1.807, 2.05) is 0 Å². The minimum atomic E-state index is -4.78. The Balaban J connectivity index is 1.51. The SMILES string of the molecule is Cc1nn(Cc2cccc(F)c2)c(C)c1NC(=O)c1nn2c(C(F)(F)F)cc(-c3cccs3)nc2c1Cl. The standard InChI is InChI=1S/C24H17ClF4N6OS/c1-12-20(13(2)34(32-12)11-14-5-3-6-15(26)9-14)31-23(36)21-19(25)22-30-16(17-7-4-8-37-17)10-18(24(27,28)29)35(22)33-21/h3-10H,11H2,1-2H3,(H,31,36). The number of amides is 1. The van der Waals surface area contributed by atoms with Gasteiger partial charge >= 0.3 is 6.18 Å². The van der Waals surface area contributed by atoms with Gasteiger partial charge in [0.1, 0.15) is 10.8 Å². The summed E-state index contributed by atoms with van der Waals surface area (Å²) < 4.78 is 57.3. The Hall–Kier alpha value is -3.77. The summed E-state index contributed by atoms with van der Waals surface area (Å²) in [6, 6.07) is 10.2. The lowest BCUT2D eigenvalue weighted by atomic mass is 10.2. The predicted octanol–water partition coefficient (Wildman–Crippen LogP) is 6.38. The number of nitrogens with one attached hydrogen (secondary N) is 1. The van der Waals surface area contributed by atoms with Crippen molar-refractivity contribution in [3.05, 3.63) is 87.0 Å². The smallest absolute Gasteiger partial charge is 0.317 e. The number of thiophene rings is 1. The molecule has 4 aromatic heterocycles. The van der Waals surface area contributed by atoms with Crippen LogP contribution in [0, 0.1) is 19.7 Å². The summed E-state index contributed by atoms with van der Waals surface area (Å²) in [6.45, 7) is 3.61. The Kier molecular flexibility index (Phi) is 6.24. The molecule has 0 saturated carbocycles. The number of fused-ring (bicyclic) bond motifs is 1. The highest BCUT2D eigenvalue weighted by Gasteiger charge is 2.37. The Labute approximate surface area is 216 Å². The predicted molar refractivity (Wildman–Crippen MR) is 131 cm³/mol. The van der Waals surface area contributed by atoms with Gasteiger partial charge in [-0.1, -0.05) is 29.8 Å². The summed E-state index contributed by atoms with van der Waals surface area (Å²) in [7, 11) is 0. The van der Waals surface area contributed by atoms with Crippen molar-refractivity contribution >= 4 is 40.2 Å². The second kappa shape index (κ2) is 9.27. The fourth-order valence-corrected chi connectivity index (χ4v) is 4.83. The van der Waals surface area contributed by atoms with E-state index in [0.29, 0.717) is 32.0 Å². The number of anilines is 1. The lowest BCUT2D eigenvalue weighted by Gasteiger charge is -2.10. The second-order valence-electron chi connectivity index (χ2n) is 8.19. The van der Waals surface area contributed by atoms with Crippen molar-refractivity contribution in [3.8, 4) is 10.6 Å². The van der Waals surface area contributed by atoms with Gasteiger partial charge in [0.15, 0.2) is 17.0 Å². The molecule has 0 spiro atoms. The fraction of sp³-hybridized carbons (Fsp3) is 0.167. The van der Waals surface area contributed by atoms with Gasteiger partial charge in [-0.15, -0.1) is 11.3 Å². The molecule has 0 fully saturated rings. The maximum Gasteiger partial charge on any atom is 0.433 e. The average Bonchev–Trinajstić information content (AvgIpc) is 3.54. The molecule has 0 aliphatic heterocycles. The van der Waals surface area contributed by atoms with E-state index < -0.39 is 23.5 Å². The van der Waals surface area contributed by atoms with E-state index in [1.165, 1.54) is 23.5 Å². The number of carbonyl (C=O) groups is 1. The Morgan fingerprint density at radius 1 is 1.14 bits per heavy atom. The molecule has 5 rings (SSSR count). The zero-order valence-electron chi connectivity index (χ0n) is 19.3. The molecule has 13 heteroatoms. The van der Waals surface area contributed by atoms with Crippen molar-refractivity contribution in [1.82, 2.24) is 24.4 Å². The molecule has 0 aliphatic rings. The Morgan fingerprint density at radius 2 is 1.92 bits per heavy atom. The van der Waals surface area contributed by atoms with Crippen LogP contribution in [0.1, 0.15) is 33.1 Å². The minimum absolute atomic E-state index is 0.0638. The van der Waals surface area contributed by atoms with Crippen LogP contribution in [0.25, 0.3) is 16.2 Å². The first kappa shape index (κ1) is 24.9. The Bertz CT molecular complexity index is 1640. The van der Waals surface area contributed by atoms with Gasteiger partial charge in [-0.05, 0) is 49.1 Å². The number of aromatic nitrogens is 5. The summed E-state index contributed by atoms with van der Waals surface area (Å²) in [5.41, 5.74) is 0.267. The molecule has 37 heavy (non-hydrogen) atoms. The molecule has 0 saturated heterocycles. The molecule has 0 bridgehead atoms. The Morgan fingerprint density at radius 3 is 2.59 bits per heavy atom. The number of rotatable bonds is 5. The molecular formula is C24H17ClF4N6OS. The largest absolute Gasteiger partial charge is 0.433 e. The van der Waals surface area contributed by atoms with Gasteiger partial charge in [-0.3, -0.25) is 9.48 Å². The van der Waals surface area contributed by atoms with E-state index in [-0.39, 0.29) is 28.7 Å². The topological polar surface area (TPSA) is 77.1 Å². The summed E-state index contributed by atoms with van der Waals surface area (Å²) in [4.78, 5) is 17.9. The first-order valence-corrected chi connectivity index (χ1v) is 12.1. The molecule has 0 atom stereocenters. The first-order chi connectivity index (χ1) is 17.5. The molecule has 1 aromatic carbocycles. The van der Waals surface area contributed by atoms with Crippen molar-refractivity contribution in [3.63, 3.8) is 0 Å². The van der Waals surface area contributed by atoms with Crippen molar-refractivity contribution < 1.29 is 22.4 Å². The third-order valence-electron chi connectivity index (χ3n) is 5.65. The van der Waals surface area contributed by atoms with Crippen molar-refractivity contribution in [2.24, 2.45) is 0 Å². The summed E-state index contributed by atoms with van der Waals surface area (Å²) in [6.07, 6.45) is -4.78. The monoisotopic (exact) mass is 548 g/mol. The van der Waals surface area contributed by atoms with Crippen LogP contribution in [-0.4, -0.2) is 30.3 Å². The number of carbonyl (C=O) groups excluding carboxylic acids is 1. The lowest BCUT2D eigenvalue weighted by molar-refractivity contribution is -0.142. The number of nitrogens with zero attached hydrogens (tertiary/aromatic N) is 5. The molecule has 0 unspecified atom stereocenters. The highest BCUT2D eigenvalue weighted by atomic mass is 35.5. The minimum Gasteiger partial charge on any atom is -0.317 e. The van der Waals surface area contributed by atoms with Gasteiger partial charge in [-0.25, -0.2) is 13.9 Å². The van der Waals surface area contributed by atoms with E-state index >= 15 is 0 Å². The van der Waals surface area contributed by atoms with E-state index in [1.54, 1.807) is 48.2 Å². The van der Waals surface area contributed by atoms with Gasteiger partial charge in [0.2, 0.25) is 0 Å². The normalized spacial score (nSPS) is 11.9. The quantitative estimate of drug-likeness (QED) is 0.258. The van der Waals surface area contributed by atoms with Crippen LogP contribution in [0.2, 0.25) is 5.02 Å². The van der Waals surface area contributed by atoms with Gasteiger partial charge in [0.25, 0.3) is 5.91 Å². The van der Waals surface area contributed by atoms with Crippen LogP contribution in [-0.2, 0) is 12.7 Å². The van der Waals surface area contributed by atoms with E-state index in [4.69, 9.17) is 11.6 Å². The van der Waals surface area contributed by atoms with E-state index in [9.17, 15) is 22.4 Å². The second-order valence-corrected chi connectivity index (χ2v) is 9.51. The number of hydrogen-bond donors (Lipinski definition) is 1. The van der Waals surface area contributed by atoms with Gasteiger partial charge in [0.05, 0.1) is 34.2 Å². The van der Waals surface area contributed by atoms with Crippen LogP contribution in [0.5, 0.6) is 0 Å². The third-order valence-corrected chi connectivity index (χ3v) is 6.89. The van der Waals surface area contributed by atoms with Crippen LogP contribution >= 0.6 is 22.9 Å². The number of halogens is 5. The third kappa shape index (κ3) is 4.69. The molecule has 1 amide bonds. The average molecular weight is 549 g/mol. The van der Waals surface area contributed by atoms with Gasteiger partial charge in [0, 0.05) is 0 Å². The van der Waals surface area contributed by atoms with Crippen molar-refractivity contribution in [2.45, 2.75) is 26.6 Å². The van der Waals surface area contributed by atoms with Crippen LogP contribution in [0.3, 0.4) is 0 Å². The molecule has 4 heterocycles. The highest BCUT2D eigenvalue weighted by molar-refractivity contribution is 7.13. The molecule has 1 N–H and O–H groups in total. The van der Waals surface area contributed by atoms with Crippen LogP contribution in [0.15, 0.2) is 47.8 Å². The summed E-state index contributed by atoms with van der Waals surface area (Å²) >= 11 is 7.57. The van der Waals surface area contributed by atoms with Crippen LogP contribution in [0.4, 0.5) is 23.2 Å². The number of hydrogen-bond acceptors (Lipinski definition) is 5. The highest BCUT2D eigenvalue weighted by Crippen LogP contribution is 2.35. The first-order valence-electron chi connectivity index (χ1n) is 10.8. The molecule has 0 aliphatic carbocycles. The fourth-order valence-electron chi connectivity index (χ4n) is 3.90. The zero-order valence-corrected chi connectivity index (χ0v) is 20.8. The van der Waals surface area contributed by atoms with E-state index in [0.717, 1.165) is 6.07 Å². The number of benzene rings is 1. The maximum atomic E-state index is 13.9. The zero-order chi connectivity index (χ0) is 26.5. The molecule has 0 radical (unpaired) electrons. The molecule has 7 nitrogen and oxygen atoms in total. The van der Waals surface area contributed by atoms with Gasteiger partial charge < -0.3 is 5.32 Å². The van der Waals surface area contributed by atoms with Crippen molar-refractivity contribution in [1.29, 1.82) is 0 Å². The van der Waals surface area contributed by atoms with E-state index in [2.05, 4.69) is 20.5 Å². The van der Waals surface area contributed by atoms with Crippen LogP contribution < -0.4 is 5.32 Å². The maximum absolute atomic E-state index is 13.9.